The van der Waals surface area contributed by atoms with Crippen LogP contribution in [-0.4, -0.2) is 97.0 Å². The molecule has 0 saturated heterocycles. The molecule has 0 bridgehead atoms. The molecular formula is C58H120N4O3. The summed E-state index contributed by atoms with van der Waals surface area (Å²) in [5.74, 6) is 0.179. The van der Waals surface area contributed by atoms with Crippen LogP contribution in [0.5, 0.6) is 0 Å². The average Bonchev–Trinajstić information content (AvgIpc) is 3.30. The van der Waals surface area contributed by atoms with Gasteiger partial charge >= 0.3 is 0 Å². The minimum Gasteiger partial charge on any atom is -0.392 e. The number of rotatable bonds is 56. The topological polar surface area (TPSA) is 88.1 Å². The maximum Gasteiger partial charge on any atom is 0.219 e. The molecule has 2 atom stereocenters. The van der Waals surface area contributed by atoms with E-state index in [4.69, 9.17) is 0 Å². The van der Waals surface area contributed by atoms with Crippen molar-refractivity contribution in [2.75, 3.05) is 58.9 Å². The standard InChI is InChI=1S/C58H120N4O3/c1-5-9-12-15-18-21-24-27-30-33-36-41-48-60-58(65)47-40-39-46-56(63)54-61(49-42-37-34-31-28-25-22-19-16-13-10-6-2)51-44-45-52-62(55-57(64)53-59-8-4)50-43-38-35-32-29-26-23-20-17-14-11-7-3/h56-57,59,63-64H,5-55H2,1-4H3,(H,60,65). The van der Waals surface area contributed by atoms with E-state index < -0.39 is 0 Å². The van der Waals surface area contributed by atoms with Crippen LogP contribution >= 0.6 is 0 Å². The van der Waals surface area contributed by atoms with E-state index in [1.54, 1.807) is 0 Å². The van der Waals surface area contributed by atoms with Crippen LogP contribution < -0.4 is 10.6 Å². The highest BCUT2D eigenvalue weighted by Gasteiger charge is 2.15. The van der Waals surface area contributed by atoms with E-state index in [2.05, 4.69) is 48.1 Å². The summed E-state index contributed by atoms with van der Waals surface area (Å²) in [7, 11) is 0. The fraction of sp³-hybridized carbons (Fsp3) is 0.983. The van der Waals surface area contributed by atoms with Crippen LogP contribution in [0.2, 0.25) is 0 Å². The summed E-state index contributed by atoms with van der Waals surface area (Å²) >= 11 is 0. The van der Waals surface area contributed by atoms with Gasteiger partial charge in [0.2, 0.25) is 5.91 Å². The van der Waals surface area contributed by atoms with Gasteiger partial charge in [-0.1, -0.05) is 246 Å². The third-order valence-electron chi connectivity index (χ3n) is 14.0. The molecular weight excluding hydrogens is 801 g/mol. The van der Waals surface area contributed by atoms with Crippen LogP contribution in [0.3, 0.4) is 0 Å². The lowest BCUT2D eigenvalue weighted by molar-refractivity contribution is -0.121. The summed E-state index contributed by atoms with van der Waals surface area (Å²) in [5, 5.41) is 28.5. The summed E-state index contributed by atoms with van der Waals surface area (Å²) < 4.78 is 0. The number of unbranched alkanes of at least 4 members (excludes halogenated alkanes) is 35. The van der Waals surface area contributed by atoms with Gasteiger partial charge in [0, 0.05) is 32.6 Å². The van der Waals surface area contributed by atoms with Crippen molar-refractivity contribution in [2.45, 2.75) is 310 Å². The van der Waals surface area contributed by atoms with Crippen molar-refractivity contribution >= 4 is 5.91 Å². The molecule has 7 nitrogen and oxygen atoms in total. The molecule has 0 rings (SSSR count). The molecule has 0 aliphatic heterocycles. The van der Waals surface area contributed by atoms with Gasteiger partial charge in [0.15, 0.2) is 0 Å². The van der Waals surface area contributed by atoms with E-state index in [0.29, 0.717) is 13.0 Å². The largest absolute Gasteiger partial charge is 0.392 e. The first kappa shape index (κ1) is 64.3. The lowest BCUT2D eigenvalue weighted by atomic mass is 10.0. The monoisotopic (exact) mass is 921 g/mol. The molecule has 0 aromatic rings. The average molecular weight is 922 g/mol. The van der Waals surface area contributed by atoms with Crippen LogP contribution in [0.25, 0.3) is 0 Å². The Morgan fingerprint density at radius 1 is 0.385 bits per heavy atom. The van der Waals surface area contributed by atoms with Crippen molar-refractivity contribution in [2.24, 2.45) is 0 Å². The molecule has 0 aromatic carbocycles. The first-order valence-electron chi connectivity index (χ1n) is 29.7. The Bertz CT molecular complexity index is 908. The van der Waals surface area contributed by atoms with Gasteiger partial charge in [0.1, 0.15) is 0 Å². The quantitative estimate of drug-likeness (QED) is 0.0455. The molecule has 65 heavy (non-hydrogen) atoms. The molecule has 0 saturated carbocycles. The molecule has 0 aliphatic rings. The Kier molecular flexibility index (Phi) is 53.6. The number of nitrogens with zero attached hydrogens (tertiary/aromatic N) is 2. The zero-order chi connectivity index (χ0) is 47.4. The summed E-state index contributed by atoms with van der Waals surface area (Å²) in [6.45, 7) is 17.1. The predicted octanol–water partition coefficient (Wildman–Crippen LogP) is 15.5. The number of hydrogen-bond acceptors (Lipinski definition) is 6. The third kappa shape index (κ3) is 51.0. The van der Waals surface area contributed by atoms with E-state index >= 15 is 0 Å². The van der Waals surface area contributed by atoms with Gasteiger partial charge in [-0.05, 0) is 77.7 Å². The highest BCUT2D eigenvalue weighted by Crippen LogP contribution is 2.16. The van der Waals surface area contributed by atoms with Crippen LogP contribution in [0.15, 0.2) is 0 Å². The second-order valence-electron chi connectivity index (χ2n) is 20.7. The highest BCUT2D eigenvalue weighted by atomic mass is 16.3. The van der Waals surface area contributed by atoms with Crippen molar-refractivity contribution in [1.82, 2.24) is 20.4 Å². The van der Waals surface area contributed by atoms with Crippen LogP contribution in [0.1, 0.15) is 297 Å². The van der Waals surface area contributed by atoms with E-state index in [1.165, 1.54) is 225 Å². The van der Waals surface area contributed by atoms with Crippen molar-refractivity contribution in [3.63, 3.8) is 0 Å². The normalized spacial score (nSPS) is 12.8. The number of carbonyl (C=O) groups is 1. The van der Waals surface area contributed by atoms with E-state index in [-0.39, 0.29) is 18.1 Å². The number of aliphatic hydroxyl groups excluding tert-OH is 2. The molecule has 1 amide bonds. The van der Waals surface area contributed by atoms with Crippen LogP contribution in [0.4, 0.5) is 0 Å². The number of hydrogen-bond donors (Lipinski definition) is 4. The molecule has 0 fully saturated rings. The zero-order valence-electron chi connectivity index (χ0n) is 44.9. The predicted molar refractivity (Wildman–Crippen MR) is 287 cm³/mol. The van der Waals surface area contributed by atoms with Gasteiger partial charge in [-0.15, -0.1) is 0 Å². The fourth-order valence-electron chi connectivity index (χ4n) is 9.62. The molecule has 7 heteroatoms. The third-order valence-corrected chi connectivity index (χ3v) is 14.0. The first-order chi connectivity index (χ1) is 32.0. The minimum atomic E-state index is -0.333. The van der Waals surface area contributed by atoms with Crippen LogP contribution in [0, 0.1) is 0 Å². The van der Waals surface area contributed by atoms with Gasteiger partial charge < -0.3 is 30.6 Å². The van der Waals surface area contributed by atoms with Crippen molar-refractivity contribution < 1.29 is 15.0 Å². The van der Waals surface area contributed by atoms with Gasteiger partial charge in [-0.2, -0.15) is 0 Å². The van der Waals surface area contributed by atoms with Gasteiger partial charge in [0.25, 0.3) is 0 Å². The zero-order valence-corrected chi connectivity index (χ0v) is 44.9. The summed E-state index contributed by atoms with van der Waals surface area (Å²) in [5.41, 5.74) is 0. The second kappa shape index (κ2) is 54.2. The lowest BCUT2D eigenvalue weighted by Crippen LogP contribution is -2.39. The molecule has 390 valence electrons. The Morgan fingerprint density at radius 2 is 0.692 bits per heavy atom. The molecule has 2 unspecified atom stereocenters. The van der Waals surface area contributed by atoms with E-state index in [1.807, 2.05) is 0 Å². The SMILES string of the molecule is CCCCCCCCCCCCCCNC(=O)CCCCC(O)CN(CCCCCCCCCCCCCC)CCCCN(CCCCCCCCCCCCCC)CC(O)CNCC. The minimum absolute atomic E-state index is 0.179. The maximum absolute atomic E-state index is 12.5. The Hall–Kier alpha value is -0.730. The molecule has 0 aromatic heterocycles. The molecule has 4 N–H and O–H groups in total. The summed E-state index contributed by atoms with van der Waals surface area (Å²) in [6, 6.07) is 0. The number of nitrogens with one attached hydrogen (secondary N) is 2. The van der Waals surface area contributed by atoms with Gasteiger partial charge in [0.05, 0.1) is 12.2 Å². The number of aliphatic hydroxyl groups is 2. The maximum atomic E-state index is 12.5. The van der Waals surface area contributed by atoms with Crippen molar-refractivity contribution in [1.29, 1.82) is 0 Å². The Balaban J connectivity index is 4.65. The van der Waals surface area contributed by atoms with Crippen molar-refractivity contribution in [3.8, 4) is 0 Å². The van der Waals surface area contributed by atoms with E-state index in [9.17, 15) is 15.0 Å². The van der Waals surface area contributed by atoms with E-state index in [0.717, 1.165) is 90.9 Å². The van der Waals surface area contributed by atoms with Crippen LogP contribution in [-0.2, 0) is 4.79 Å². The molecule has 0 heterocycles. The number of carbonyl (C=O) groups excluding carboxylic acids is 1. The Labute approximate surface area is 408 Å². The van der Waals surface area contributed by atoms with Crippen molar-refractivity contribution in [3.05, 3.63) is 0 Å². The Morgan fingerprint density at radius 3 is 1.05 bits per heavy atom. The summed E-state index contributed by atoms with van der Waals surface area (Å²) in [6.07, 6.45) is 53.5. The smallest absolute Gasteiger partial charge is 0.219 e. The number of amides is 1. The summed E-state index contributed by atoms with van der Waals surface area (Å²) in [4.78, 5) is 17.6. The van der Waals surface area contributed by atoms with Gasteiger partial charge in [-0.25, -0.2) is 0 Å². The highest BCUT2D eigenvalue weighted by molar-refractivity contribution is 5.75. The number of likely N-dealkylation sites (N-methyl/N-ethyl adjacent to an activating group) is 1. The first-order valence-corrected chi connectivity index (χ1v) is 29.7. The molecule has 0 aliphatic carbocycles. The molecule has 0 spiro atoms. The lowest BCUT2D eigenvalue weighted by Gasteiger charge is -2.27. The van der Waals surface area contributed by atoms with Gasteiger partial charge in [-0.3, -0.25) is 4.79 Å². The second-order valence-corrected chi connectivity index (χ2v) is 20.7. The molecule has 0 radical (unpaired) electrons. The fourth-order valence-corrected chi connectivity index (χ4v) is 9.62.